The van der Waals surface area contributed by atoms with Crippen LogP contribution in [0.4, 0.5) is 9.52 Å². The zero-order valence-corrected chi connectivity index (χ0v) is 18.1. The van der Waals surface area contributed by atoms with Gasteiger partial charge in [-0.2, -0.15) is 0 Å². The molecule has 0 aliphatic rings. The second kappa shape index (κ2) is 9.40. The fourth-order valence-electron chi connectivity index (χ4n) is 3.10. The van der Waals surface area contributed by atoms with Crippen LogP contribution in [0.25, 0.3) is 10.2 Å². The van der Waals surface area contributed by atoms with Gasteiger partial charge < -0.3 is 4.57 Å². The average molecular weight is 441 g/mol. The molecular formula is C22H21FN4OS2. The second-order valence-corrected chi connectivity index (χ2v) is 8.92. The molecule has 4 aromatic rings. The van der Waals surface area contributed by atoms with E-state index in [9.17, 15) is 9.18 Å². The van der Waals surface area contributed by atoms with Crippen molar-refractivity contribution in [3.05, 3.63) is 72.6 Å². The Morgan fingerprint density at radius 2 is 2.07 bits per heavy atom. The first-order chi connectivity index (χ1) is 14.6. The number of carbonyl (C=O) groups is 1. The quantitative estimate of drug-likeness (QED) is 0.355. The van der Waals surface area contributed by atoms with E-state index < -0.39 is 0 Å². The first-order valence-electron chi connectivity index (χ1n) is 9.61. The Bertz CT molecular complexity index is 1130. The van der Waals surface area contributed by atoms with Crippen molar-refractivity contribution in [1.29, 1.82) is 0 Å². The molecule has 8 heteroatoms. The summed E-state index contributed by atoms with van der Waals surface area (Å²) in [5.41, 5.74) is 2.04. The summed E-state index contributed by atoms with van der Waals surface area (Å²) in [6.07, 6.45) is 6.23. The molecule has 0 unspecified atom stereocenters. The Labute approximate surface area is 182 Å². The van der Waals surface area contributed by atoms with Crippen LogP contribution in [0.5, 0.6) is 0 Å². The van der Waals surface area contributed by atoms with Crippen molar-refractivity contribution in [2.75, 3.05) is 17.2 Å². The number of carbonyl (C=O) groups excluding carboxylic acids is 1. The lowest BCUT2D eigenvalue weighted by Crippen LogP contribution is -2.33. The van der Waals surface area contributed by atoms with Crippen LogP contribution in [0, 0.1) is 12.7 Å². The van der Waals surface area contributed by atoms with E-state index >= 15 is 0 Å². The maximum atomic E-state index is 13.1. The van der Waals surface area contributed by atoms with E-state index in [1.165, 1.54) is 35.2 Å². The van der Waals surface area contributed by atoms with Gasteiger partial charge in [-0.1, -0.05) is 23.5 Å². The zero-order valence-electron chi connectivity index (χ0n) is 16.5. The van der Waals surface area contributed by atoms with Crippen molar-refractivity contribution in [2.24, 2.45) is 0 Å². The molecule has 2 aromatic heterocycles. The smallest absolute Gasteiger partial charge is 0.239 e. The Morgan fingerprint density at radius 1 is 1.23 bits per heavy atom. The number of aryl methyl sites for hydroxylation is 2. The fraction of sp³-hybridized carbons (Fsp3) is 0.227. The summed E-state index contributed by atoms with van der Waals surface area (Å²) in [6, 6.07) is 12.3. The number of nitrogens with zero attached hydrogens (tertiary/aromatic N) is 4. The number of anilines is 1. The van der Waals surface area contributed by atoms with E-state index in [0.717, 1.165) is 38.8 Å². The number of benzene rings is 2. The molecular weight excluding hydrogens is 419 g/mol. The first kappa shape index (κ1) is 20.6. The normalized spacial score (nSPS) is 11.1. The van der Waals surface area contributed by atoms with Crippen LogP contribution < -0.4 is 4.90 Å². The van der Waals surface area contributed by atoms with E-state index in [1.54, 1.807) is 29.6 Å². The molecule has 0 radical (unpaired) electrons. The van der Waals surface area contributed by atoms with E-state index in [1.807, 2.05) is 35.9 Å². The van der Waals surface area contributed by atoms with Crippen LogP contribution in [-0.4, -0.2) is 32.7 Å². The lowest BCUT2D eigenvalue weighted by atomic mass is 10.2. The first-order valence-corrected chi connectivity index (χ1v) is 11.4. The monoisotopic (exact) mass is 440 g/mol. The third kappa shape index (κ3) is 4.88. The molecule has 0 spiro atoms. The number of para-hydroxylation sites is 1. The van der Waals surface area contributed by atoms with Crippen LogP contribution in [-0.2, 0) is 11.3 Å². The molecule has 154 valence electrons. The maximum absolute atomic E-state index is 13.1. The average Bonchev–Trinajstić information content (AvgIpc) is 3.41. The maximum Gasteiger partial charge on any atom is 0.239 e. The lowest BCUT2D eigenvalue weighted by molar-refractivity contribution is -0.116. The van der Waals surface area contributed by atoms with Gasteiger partial charge in [0.05, 0.1) is 22.3 Å². The van der Waals surface area contributed by atoms with Gasteiger partial charge in [-0.15, -0.1) is 11.8 Å². The highest BCUT2D eigenvalue weighted by Crippen LogP contribution is 2.31. The number of halogens is 1. The standard InChI is InChI=1S/C22H21FN4OS2/c1-16-4-2-5-19-21(16)25-22(30-19)27(12-3-11-26-13-10-24-15-26)20(28)14-29-18-8-6-17(23)7-9-18/h2,4-10,13,15H,3,11-12,14H2,1H3. The number of hydrogen-bond donors (Lipinski definition) is 0. The van der Waals surface area contributed by atoms with Crippen molar-refractivity contribution in [1.82, 2.24) is 14.5 Å². The Hall–Kier alpha value is -2.71. The zero-order chi connectivity index (χ0) is 20.9. The highest BCUT2D eigenvalue weighted by Gasteiger charge is 2.20. The van der Waals surface area contributed by atoms with Gasteiger partial charge in [-0.3, -0.25) is 9.69 Å². The highest BCUT2D eigenvalue weighted by atomic mass is 32.2. The molecule has 0 atom stereocenters. The highest BCUT2D eigenvalue weighted by molar-refractivity contribution is 8.00. The Balaban J connectivity index is 1.51. The third-order valence-corrected chi connectivity index (χ3v) is 6.71. The van der Waals surface area contributed by atoms with Gasteiger partial charge in [-0.05, 0) is 49.2 Å². The lowest BCUT2D eigenvalue weighted by Gasteiger charge is -2.20. The van der Waals surface area contributed by atoms with Gasteiger partial charge in [-0.25, -0.2) is 14.4 Å². The number of hydrogen-bond acceptors (Lipinski definition) is 5. The van der Waals surface area contributed by atoms with Crippen molar-refractivity contribution in [3.8, 4) is 0 Å². The van der Waals surface area contributed by atoms with Gasteiger partial charge in [0.25, 0.3) is 0 Å². The van der Waals surface area contributed by atoms with E-state index in [2.05, 4.69) is 4.98 Å². The molecule has 0 N–H and O–H groups in total. The van der Waals surface area contributed by atoms with Crippen LogP contribution >= 0.6 is 23.1 Å². The van der Waals surface area contributed by atoms with Crippen molar-refractivity contribution < 1.29 is 9.18 Å². The molecule has 0 fully saturated rings. The number of fused-ring (bicyclic) bond motifs is 1. The van der Waals surface area contributed by atoms with E-state index in [0.29, 0.717) is 6.54 Å². The molecule has 0 aliphatic carbocycles. The van der Waals surface area contributed by atoms with Gasteiger partial charge in [0.2, 0.25) is 5.91 Å². The molecule has 0 saturated carbocycles. The van der Waals surface area contributed by atoms with E-state index in [-0.39, 0.29) is 17.5 Å². The van der Waals surface area contributed by atoms with Crippen molar-refractivity contribution in [2.45, 2.75) is 24.8 Å². The fourth-order valence-corrected chi connectivity index (χ4v) is 4.96. The minimum atomic E-state index is -0.281. The minimum absolute atomic E-state index is 0.00772. The van der Waals surface area contributed by atoms with Gasteiger partial charge >= 0.3 is 0 Å². The summed E-state index contributed by atoms with van der Waals surface area (Å²) in [6.45, 7) is 3.38. The summed E-state index contributed by atoms with van der Waals surface area (Å²) in [5, 5.41) is 0.717. The molecule has 2 aromatic carbocycles. The molecule has 1 amide bonds. The largest absolute Gasteiger partial charge is 0.337 e. The summed E-state index contributed by atoms with van der Waals surface area (Å²) in [7, 11) is 0. The third-order valence-electron chi connectivity index (χ3n) is 4.67. The molecule has 4 rings (SSSR count). The number of aromatic nitrogens is 3. The van der Waals surface area contributed by atoms with Gasteiger partial charge in [0.1, 0.15) is 5.82 Å². The molecule has 2 heterocycles. The predicted octanol–water partition coefficient (Wildman–Crippen LogP) is 5.16. The SMILES string of the molecule is Cc1cccc2sc(N(CCCn3ccnc3)C(=O)CSc3ccc(F)cc3)nc12. The number of imidazole rings is 1. The summed E-state index contributed by atoms with van der Waals surface area (Å²) in [4.78, 5) is 24.6. The van der Waals surface area contributed by atoms with Crippen LogP contribution in [0.15, 0.2) is 66.1 Å². The molecule has 5 nitrogen and oxygen atoms in total. The molecule has 0 bridgehead atoms. The van der Waals surface area contributed by atoms with Gasteiger partial charge in [0.15, 0.2) is 5.13 Å². The van der Waals surface area contributed by atoms with Crippen molar-refractivity contribution in [3.63, 3.8) is 0 Å². The number of amides is 1. The minimum Gasteiger partial charge on any atom is -0.337 e. The predicted molar refractivity (Wildman–Crippen MR) is 121 cm³/mol. The van der Waals surface area contributed by atoms with Gasteiger partial charge in [0, 0.05) is 30.4 Å². The Morgan fingerprint density at radius 3 is 2.80 bits per heavy atom. The summed E-state index contributed by atoms with van der Waals surface area (Å²) < 4.78 is 16.2. The Kier molecular flexibility index (Phi) is 6.44. The van der Waals surface area contributed by atoms with Crippen LogP contribution in [0.3, 0.4) is 0 Å². The van der Waals surface area contributed by atoms with Crippen LogP contribution in [0.1, 0.15) is 12.0 Å². The molecule has 0 saturated heterocycles. The molecule has 30 heavy (non-hydrogen) atoms. The van der Waals surface area contributed by atoms with E-state index in [4.69, 9.17) is 4.98 Å². The summed E-state index contributed by atoms with van der Waals surface area (Å²) in [5.74, 6) is -0.0191. The number of thiazole rings is 1. The molecule has 0 aliphatic heterocycles. The topological polar surface area (TPSA) is 51.0 Å². The number of rotatable bonds is 8. The summed E-state index contributed by atoms with van der Waals surface area (Å²) >= 11 is 2.94. The second-order valence-electron chi connectivity index (χ2n) is 6.86. The van der Waals surface area contributed by atoms with Crippen molar-refractivity contribution >= 4 is 44.4 Å². The van der Waals surface area contributed by atoms with Crippen LogP contribution in [0.2, 0.25) is 0 Å². The number of thioether (sulfide) groups is 1.